The molecule has 1 saturated heterocycles. The molecule has 6 heteroatoms. The van der Waals surface area contributed by atoms with Gasteiger partial charge in [-0.15, -0.1) is 13.2 Å². The summed E-state index contributed by atoms with van der Waals surface area (Å²) in [5.41, 5.74) is 1.07. The smallest absolute Gasteiger partial charge is 0.406 e. The van der Waals surface area contributed by atoms with E-state index in [2.05, 4.69) is 4.74 Å². The van der Waals surface area contributed by atoms with Gasteiger partial charge in [-0.25, -0.2) is 0 Å². The van der Waals surface area contributed by atoms with E-state index in [1.54, 1.807) is 12.1 Å². The average molecular weight is 316 g/mol. The maximum atomic E-state index is 12.1. The first-order valence-electron chi connectivity index (χ1n) is 7.58. The van der Waals surface area contributed by atoms with Crippen molar-refractivity contribution in [2.45, 2.75) is 50.2 Å². The molecule has 122 valence electrons. The van der Waals surface area contributed by atoms with Gasteiger partial charge in [0, 0.05) is 0 Å². The normalized spacial score (nSPS) is 28.4. The third-order valence-corrected chi connectivity index (χ3v) is 4.18. The van der Waals surface area contributed by atoms with Crippen molar-refractivity contribution in [2.24, 2.45) is 0 Å². The summed E-state index contributed by atoms with van der Waals surface area (Å²) in [6.07, 6.45) is -0.101. The molecule has 1 saturated carbocycles. The fourth-order valence-electron chi connectivity index (χ4n) is 2.91. The molecule has 1 aliphatic heterocycles. The lowest BCUT2D eigenvalue weighted by Crippen LogP contribution is -2.22. The highest BCUT2D eigenvalue weighted by molar-refractivity contribution is 5.29. The Hall–Kier alpha value is -1.27. The van der Waals surface area contributed by atoms with Gasteiger partial charge < -0.3 is 14.2 Å². The standard InChI is InChI=1S/C16H19F3O3/c17-16(18,19)22-14-7-3-12(4-8-14)11-1-5-13(6-2-11)20-9-15-10-21-15/h3-4,7-8,11,13,15H,1-2,5-6,9-10H2. The molecular weight excluding hydrogens is 297 g/mol. The van der Waals surface area contributed by atoms with Crippen LogP contribution >= 0.6 is 0 Å². The molecular formula is C16H19F3O3. The molecule has 0 bridgehead atoms. The summed E-state index contributed by atoms with van der Waals surface area (Å²) in [7, 11) is 0. The van der Waals surface area contributed by atoms with Crippen molar-refractivity contribution in [2.75, 3.05) is 13.2 Å². The lowest BCUT2D eigenvalue weighted by atomic mass is 9.83. The second kappa shape index (κ2) is 6.46. The molecule has 0 radical (unpaired) electrons. The zero-order valence-corrected chi connectivity index (χ0v) is 12.1. The average Bonchev–Trinajstić information content (AvgIpc) is 3.29. The van der Waals surface area contributed by atoms with E-state index in [-0.39, 0.29) is 11.9 Å². The van der Waals surface area contributed by atoms with E-state index in [9.17, 15) is 13.2 Å². The number of halogens is 3. The third kappa shape index (κ3) is 4.61. The van der Waals surface area contributed by atoms with Gasteiger partial charge in [0.2, 0.25) is 0 Å². The fourth-order valence-corrected chi connectivity index (χ4v) is 2.91. The van der Waals surface area contributed by atoms with Crippen molar-refractivity contribution in [1.29, 1.82) is 0 Å². The van der Waals surface area contributed by atoms with Crippen molar-refractivity contribution >= 4 is 0 Å². The molecule has 3 rings (SSSR count). The Kier molecular flexibility index (Phi) is 4.59. The molecule has 0 amide bonds. The maximum absolute atomic E-state index is 12.1. The van der Waals surface area contributed by atoms with Crippen LogP contribution in [-0.2, 0) is 9.47 Å². The number of epoxide rings is 1. The van der Waals surface area contributed by atoms with E-state index in [0.29, 0.717) is 18.6 Å². The topological polar surface area (TPSA) is 31.0 Å². The van der Waals surface area contributed by atoms with Crippen LogP contribution in [0.1, 0.15) is 37.2 Å². The van der Waals surface area contributed by atoms with Crippen LogP contribution in [0, 0.1) is 0 Å². The Balaban J connectivity index is 1.48. The number of alkyl halides is 3. The van der Waals surface area contributed by atoms with Crippen molar-refractivity contribution in [1.82, 2.24) is 0 Å². The van der Waals surface area contributed by atoms with Gasteiger partial charge in [-0.05, 0) is 49.3 Å². The Bertz CT molecular complexity index is 474. The number of benzene rings is 1. The van der Waals surface area contributed by atoms with Gasteiger partial charge in [-0.3, -0.25) is 0 Å². The molecule has 2 fully saturated rings. The molecule has 0 aromatic heterocycles. The van der Waals surface area contributed by atoms with Gasteiger partial charge in [0.05, 0.1) is 19.3 Å². The number of ether oxygens (including phenoxy) is 3. The molecule has 0 spiro atoms. The van der Waals surface area contributed by atoms with Gasteiger partial charge >= 0.3 is 6.36 Å². The highest BCUT2D eigenvalue weighted by Crippen LogP contribution is 2.35. The van der Waals surface area contributed by atoms with E-state index < -0.39 is 6.36 Å². The minimum atomic E-state index is -4.64. The lowest BCUT2D eigenvalue weighted by Gasteiger charge is -2.28. The molecule has 1 aliphatic carbocycles. The van der Waals surface area contributed by atoms with Crippen LogP contribution in [0.15, 0.2) is 24.3 Å². The van der Waals surface area contributed by atoms with Crippen LogP contribution in [0.4, 0.5) is 13.2 Å². The first-order chi connectivity index (χ1) is 10.5. The molecule has 3 nitrogen and oxygen atoms in total. The van der Waals surface area contributed by atoms with Gasteiger partial charge in [0.1, 0.15) is 11.9 Å². The summed E-state index contributed by atoms with van der Waals surface area (Å²) in [6.45, 7) is 1.49. The molecule has 1 heterocycles. The second-order valence-corrected chi connectivity index (χ2v) is 5.88. The van der Waals surface area contributed by atoms with Gasteiger partial charge in [0.25, 0.3) is 0 Å². The lowest BCUT2D eigenvalue weighted by molar-refractivity contribution is -0.274. The van der Waals surface area contributed by atoms with Crippen molar-refractivity contribution in [3.8, 4) is 5.75 Å². The third-order valence-electron chi connectivity index (χ3n) is 4.18. The minimum Gasteiger partial charge on any atom is -0.406 e. The largest absolute Gasteiger partial charge is 0.573 e. The van der Waals surface area contributed by atoms with Crippen molar-refractivity contribution in [3.05, 3.63) is 29.8 Å². The van der Waals surface area contributed by atoms with E-state index >= 15 is 0 Å². The summed E-state index contributed by atoms with van der Waals surface area (Å²) in [5, 5.41) is 0. The summed E-state index contributed by atoms with van der Waals surface area (Å²) in [4.78, 5) is 0. The quantitative estimate of drug-likeness (QED) is 0.769. The summed E-state index contributed by atoms with van der Waals surface area (Å²) in [6, 6.07) is 6.22. The Labute approximate surface area is 127 Å². The molecule has 0 N–H and O–H groups in total. The zero-order valence-electron chi connectivity index (χ0n) is 12.1. The SMILES string of the molecule is FC(F)(F)Oc1ccc(C2CCC(OCC3CO3)CC2)cc1. The number of hydrogen-bond donors (Lipinski definition) is 0. The minimum absolute atomic E-state index is 0.169. The van der Waals surface area contributed by atoms with Crippen LogP contribution in [0.5, 0.6) is 5.75 Å². The predicted octanol–water partition coefficient (Wildman–Crippen LogP) is 4.03. The maximum Gasteiger partial charge on any atom is 0.573 e. The van der Waals surface area contributed by atoms with Crippen molar-refractivity contribution in [3.63, 3.8) is 0 Å². The molecule has 1 atom stereocenters. The van der Waals surface area contributed by atoms with Crippen LogP contribution in [-0.4, -0.2) is 31.8 Å². The summed E-state index contributed by atoms with van der Waals surface area (Å²) >= 11 is 0. The summed E-state index contributed by atoms with van der Waals surface area (Å²) < 4.78 is 51.2. The Morgan fingerprint density at radius 2 is 1.68 bits per heavy atom. The molecule has 22 heavy (non-hydrogen) atoms. The number of rotatable bonds is 5. The molecule has 2 aliphatic rings. The summed E-state index contributed by atoms with van der Waals surface area (Å²) in [5.74, 6) is 0.217. The van der Waals surface area contributed by atoms with Gasteiger partial charge in [0.15, 0.2) is 0 Å². The van der Waals surface area contributed by atoms with Gasteiger partial charge in [-0.1, -0.05) is 12.1 Å². The van der Waals surface area contributed by atoms with Crippen molar-refractivity contribution < 1.29 is 27.4 Å². The highest BCUT2D eigenvalue weighted by atomic mass is 19.4. The predicted molar refractivity (Wildman–Crippen MR) is 73.8 cm³/mol. The van der Waals surface area contributed by atoms with Gasteiger partial charge in [-0.2, -0.15) is 0 Å². The second-order valence-electron chi connectivity index (χ2n) is 5.88. The Morgan fingerprint density at radius 1 is 1.05 bits per heavy atom. The van der Waals surface area contributed by atoms with Crippen LogP contribution in [0.2, 0.25) is 0 Å². The fraction of sp³-hybridized carbons (Fsp3) is 0.625. The van der Waals surface area contributed by atoms with E-state index in [0.717, 1.165) is 37.9 Å². The van der Waals surface area contributed by atoms with E-state index in [4.69, 9.17) is 9.47 Å². The zero-order chi connectivity index (χ0) is 15.6. The van der Waals surface area contributed by atoms with Crippen LogP contribution in [0.25, 0.3) is 0 Å². The molecule has 1 unspecified atom stereocenters. The first kappa shape index (κ1) is 15.6. The molecule has 1 aromatic rings. The van der Waals surface area contributed by atoms with E-state index in [1.165, 1.54) is 12.1 Å². The first-order valence-corrected chi connectivity index (χ1v) is 7.58. The molecule has 1 aromatic carbocycles. The Morgan fingerprint density at radius 3 is 2.23 bits per heavy atom. The monoisotopic (exact) mass is 316 g/mol. The highest BCUT2D eigenvalue weighted by Gasteiger charge is 2.31. The van der Waals surface area contributed by atoms with Crippen LogP contribution < -0.4 is 4.74 Å². The van der Waals surface area contributed by atoms with E-state index in [1.807, 2.05) is 0 Å². The number of hydrogen-bond acceptors (Lipinski definition) is 3. The van der Waals surface area contributed by atoms with Crippen LogP contribution in [0.3, 0.4) is 0 Å².